The lowest BCUT2D eigenvalue weighted by Crippen LogP contribution is -2.13. The van der Waals surface area contributed by atoms with E-state index in [9.17, 15) is 0 Å². The smallest absolute Gasteiger partial charge is 0.0554 e. The van der Waals surface area contributed by atoms with Crippen molar-refractivity contribution >= 4 is 5.69 Å². The van der Waals surface area contributed by atoms with Crippen molar-refractivity contribution in [2.24, 2.45) is 0 Å². The number of hydrogen-bond acceptors (Lipinski definition) is 2. The fraction of sp³-hybridized carbons (Fsp3) is 0.105. The SMILES string of the molecule is c1ccc(N[C@H](Cc2cccnc2)c2ccccc2)cc1. The Morgan fingerprint density at radius 1 is 0.810 bits per heavy atom. The van der Waals surface area contributed by atoms with Crippen LogP contribution in [0, 0.1) is 0 Å². The zero-order chi connectivity index (χ0) is 14.3. The minimum Gasteiger partial charge on any atom is -0.378 e. The van der Waals surface area contributed by atoms with Crippen molar-refractivity contribution in [3.05, 3.63) is 96.3 Å². The van der Waals surface area contributed by atoms with Gasteiger partial charge in [0.25, 0.3) is 0 Å². The maximum atomic E-state index is 4.21. The first-order valence-corrected chi connectivity index (χ1v) is 7.17. The first-order chi connectivity index (χ1) is 10.4. The Hall–Kier alpha value is -2.61. The van der Waals surface area contributed by atoms with Gasteiger partial charge in [-0.15, -0.1) is 0 Å². The molecule has 0 saturated carbocycles. The van der Waals surface area contributed by atoms with Crippen molar-refractivity contribution in [2.75, 3.05) is 5.32 Å². The van der Waals surface area contributed by atoms with Gasteiger partial charge >= 0.3 is 0 Å². The largest absolute Gasteiger partial charge is 0.378 e. The number of para-hydroxylation sites is 1. The van der Waals surface area contributed by atoms with Crippen molar-refractivity contribution in [3.63, 3.8) is 0 Å². The molecule has 1 heterocycles. The van der Waals surface area contributed by atoms with E-state index in [-0.39, 0.29) is 6.04 Å². The zero-order valence-corrected chi connectivity index (χ0v) is 11.8. The van der Waals surface area contributed by atoms with Gasteiger partial charge in [-0.3, -0.25) is 4.98 Å². The molecule has 0 bridgehead atoms. The first-order valence-electron chi connectivity index (χ1n) is 7.17. The summed E-state index contributed by atoms with van der Waals surface area (Å²) in [7, 11) is 0. The van der Waals surface area contributed by atoms with Gasteiger partial charge in [0, 0.05) is 18.1 Å². The van der Waals surface area contributed by atoms with Gasteiger partial charge in [-0.2, -0.15) is 0 Å². The Kier molecular flexibility index (Phi) is 4.27. The highest BCUT2D eigenvalue weighted by Gasteiger charge is 2.12. The number of aromatic nitrogens is 1. The molecule has 0 saturated heterocycles. The highest BCUT2D eigenvalue weighted by molar-refractivity contribution is 5.45. The summed E-state index contributed by atoms with van der Waals surface area (Å²) < 4.78 is 0. The zero-order valence-electron chi connectivity index (χ0n) is 11.8. The molecule has 0 aliphatic carbocycles. The number of nitrogens with zero attached hydrogens (tertiary/aromatic N) is 1. The second-order valence-electron chi connectivity index (χ2n) is 5.04. The van der Waals surface area contributed by atoms with Gasteiger partial charge in [0.15, 0.2) is 0 Å². The molecule has 0 amide bonds. The third-order valence-electron chi connectivity index (χ3n) is 3.48. The van der Waals surface area contributed by atoms with Crippen LogP contribution in [0.3, 0.4) is 0 Å². The summed E-state index contributed by atoms with van der Waals surface area (Å²) in [6, 6.07) is 25.2. The summed E-state index contributed by atoms with van der Waals surface area (Å²) in [4.78, 5) is 4.21. The van der Waals surface area contributed by atoms with E-state index in [1.807, 2.05) is 30.6 Å². The first kappa shape index (κ1) is 13.4. The van der Waals surface area contributed by atoms with Crippen molar-refractivity contribution in [1.29, 1.82) is 0 Å². The van der Waals surface area contributed by atoms with Crippen molar-refractivity contribution in [3.8, 4) is 0 Å². The summed E-state index contributed by atoms with van der Waals surface area (Å²) in [6.45, 7) is 0. The number of benzene rings is 2. The minimum atomic E-state index is 0.234. The quantitative estimate of drug-likeness (QED) is 0.742. The molecule has 104 valence electrons. The van der Waals surface area contributed by atoms with E-state index in [2.05, 4.69) is 64.9 Å². The van der Waals surface area contributed by atoms with Crippen molar-refractivity contribution < 1.29 is 0 Å². The fourth-order valence-electron chi connectivity index (χ4n) is 2.43. The maximum absolute atomic E-state index is 4.21. The molecule has 0 aliphatic rings. The Balaban J connectivity index is 1.84. The molecule has 0 spiro atoms. The lowest BCUT2D eigenvalue weighted by Gasteiger charge is -2.20. The van der Waals surface area contributed by atoms with Gasteiger partial charge in [-0.1, -0.05) is 54.6 Å². The van der Waals surface area contributed by atoms with Crippen LogP contribution in [0.5, 0.6) is 0 Å². The van der Waals surface area contributed by atoms with E-state index >= 15 is 0 Å². The van der Waals surface area contributed by atoms with Gasteiger partial charge in [-0.25, -0.2) is 0 Å². The summed E-state index contributed by atoms with van der Waals surface area (Å²) in [5.41, 5.74) is 3.65. The summed E-state index contributed by atoms with van der Waals surface area (Å²) in [6.07, 6.45) is 4.65. The van der Waals surface area contributed by atoms with Crippen LogP contribution in [0.15, 0.2) is 85.2 Å². The molecule has 1 N–H and O–H groups in total. The van der Waals surface area contributed by atoms with Crippen LogP contribution in [-0.4, -0.2) is 4.98 Å². The van der Waals surface area contributed by atoms with Crippen LogP contribution in [0.2, 0.25) is 0 Å². The number of nitrogens with one attached hydrogen (secondary N) is 1. The number of hydrogen-bond donors (Lipinski definition) is 1. The summed E-state index contributed by atoms with van der Waals surface area (Å²) in [5, 5.41) is 3.62. The normalized spacial score (nSPS) is 11.8. The van der Waals surface area contributed by atoms with Crippen molar-refractivity contribution in [1.82, 2.24) is 4.98 Å². The Labute approximate surface area is 125 Å². The summed E-state index contributed by atoms with van der Waals surface area (Å²) in [5.74, 6) is 0. The van der Waals surface area contributed by atoms with E-state index in [0.717, 1.165) is 12.1 Å². The van der Waals surface area contributed by atoms with Crippen LogP contribution >= 0.6 is 0 Å². The van der Waals surface area contributed by atoms with Crippen LogP contribution in [-0.2, 0) is 6.42 Å². The molecular weight excluding hydrogens is 256 g/mol. The molecule has 3 rings (SSSR count). The molecule has 0 aliphatic heterocycles. The van der Waals surface area contributed by atoms with E-state index in [4.69, 9.17) is 0 Å². The van der Waals surface area contributed by atoms with Gasteiger partial charge in [0.2, 0.25) is 0 Å². The second-order valence-corrected chi connectivity index (χ2v) is 5.04. The predicted molar refractivity (Wildman–Crippen MR) is 87.2 cm³/mol. The van der Waals surface area contributed by atoms with Gasteiger partial charge in [0.1, 0.15) is 0 Å². The summed E-state index contributed by atoms with van der Waals surface area (Å²) >= 11 is 0. The van der Waals surface area contributed by atoms with Crippen LogP contribution < -0.4 is 5.32 Å². The van der Waals surface area contributed by atoms with Crippen molar-refractivity contribution in [2.45, 2.75) is 12.5 Å². The van der Waals surface area contributed by atoms with Gasteiger partial charge in [0.05, 0.1) is 6.04 Å². The van der Waals surface area contributed by atoms with E-state index in [1.54, 1.807) is 0 Å². The Bertz CT molecular complexity index is 609. The molecule has 2 aromatic carbocycles. The molecule has 0 radical (unpaired) electrons. The van der Waals surface area contributed by atoms with E-state index in [0.29, 0.717) is 0 Å². The molecule has 1 atom stereocenters. The number of rotatable bonds is 5. The van der Waals surface area contributed by atoms with Gasteiger partial charge in [-0.05, 0) is 35.7 Å². The lowest BCUT2D eigenvalue weighted by atomic mass is 9.99. The Morgan fingerprint density at radius 3 is 2.19 bits per heavy atom. The Morgan fingerprint density at radius 2 is 1.52 bits per heavy atom. The number of anilines is 1. The van der Waals surface area contributed by atoms with E-state index in [1.165, 1.54) is 11.1 Å². The van der Waals surface area contributed by atoms with E-state index < -0.39 is 0 Å². The monoisotopic (exact) mass is 274 g/mol. The number of pyridine rings is 1. The third kappa shape index (κ3) is 3.69. The molecule has 2 nitrogen and oxygen atoms in total. The molecule has 3 aromatic rings. The minimum absolute atomic E-state index is 0.234. The average Bonchev–Trinajstić information content (AvgIpc) is 2.57. The second kappa shape index (κ2) is 6.71. The average molecular weight is 274 g/mol. The highest BCUT2D eigenvalue weighted by atomic mass is 14.9. The molecule has 2 heteroatoms. The lowest BCUT2D eigenvalue weighted by molar-refractivity contribution is 0.772. The molecule has 0 fully saturated rings. The molecule has 0 unspecified atom stereocenters. The van der Waals surface area contributed by atoms with Gasteiger partial charge < -0.3 is 5.32 Å². The molecule has 21 heavy (non-hydrogen) atoms. The standard InChI is InChI=1S/C19H18N2/c1-3-9-17(10-4-1)19(14-16-8-7-13-20-15-16)21-18-11-5-2-6-12-18/h1-13,15,19,21H,14H2/t19-/m1/s1. The highest BCUT2D eigenvalue weighted by Crippen LogP contribution is 2.23. The topological polar surface area (TPSA) is 24.9 Å². The van der Waals surface area contributed by atoms with Crippen LogP contribution in [0.1, 0.15) is 17.2 Å². The third-order valence-corrected chi connectivity index (χ3v) is 3.48. The maximum Gasteiger partial charge on any atom is 0.0554 e. The molecular formula is C19H18N2. The van der Waals surface area contributed by atoms with Crippen LogP contribution in [0.25, 0.3) is 0 Å². The molecule has 1 aromatic heterocycles. The predicted octanol–water partition coefficient (Wildman–Crippen LogP) is 4.48. The fourth-order valence-corrected chi connectivity index (χ4v) is 2.43. The van der Waals surface area contributed by atoms with Crippen LogP contribution in [0.4, 0.5) is 5.69 Å².